The fourth-order valence-electron chi connectivity index (χ4n) is 2.26. The molecule has 2 rings (SSSR count). The first-order valence-corrected chi connectivity index (χ1v) is 7.43. The van der Waals surface area contributed by atoms with Crippen LogP contribution in [-0.4, -0.2) is 72.0 Å². The molecule has 0 radical (unpaired) electrons. The molecule has 0 saturated carbocycles. The Labute approximate surface area is 133 Å². The number of nitrogens with one attached hydrogen (secondary N) is 1. The van der Waals surface area contributed by atoms with Crippen molar-refractivity contribution in [2.24, 2.45) is 0 Å². The number of aryl methyl sites for hydroxylation is 1. The van der Waals surface area contributed by atoms with Gasteiger partial charge in [0.15, 0.2) is 0 Å². The number of rotatable bonds is 8. The van der Waals surface area contributed by atoms with Crippen LogP contribution in [0.2, 0.25) is 0 Å². The van der Waals surface area contributed by atoms with Gasteiger partial charge in [0.1, 0.15) is 6.20 Å². The molecule has 23 heavy (non-hydrogen) atoms. The zero-order valence-electron chi connectivity index (χ0n) is 13.1. The second kappa shape index (κ2) is 8.44. The van der Waals surface area contributed by atoms with Gasteiger partial charge in [-0.05, 0) is 0 Å². The summed E-state index contributed by atoms with van der Waals surface area (Å²) in [6.07, 6.45) is 1.46. The maximum atomic E-state index is 11.8. The molecule has 0 aromatic carbocycles. The van der Waals surface area contributed by atoms with E-state index in [2.05, 4.69) is 15.3 Å². The number of ether oxygens (including phenoxy) is 2. The zero-order valence-corrected chi connectivity index (χ0v) is 13.1. The first-order chi connectivity index (χ1) is 11.1. The van der Waals surface area contributed by atoms with Crippen molar-refractivity contribution in [2.75, 3.05) is 46.5 Å². The highest BCUT2D eigenvalue weighted by molar-refractivity contribution is 5.75. The van der Waals surface area contributed by atoms with E-state index in [-0.39, 0.29) is 30.4 Å². The number of aromatic nitrogens is 2. The molecular formula is C13H21N5O5. The standard InChI is InChI=1S/C13H21N5O5/c1-22-13-11(18(20)21)10-17(15-13)4-2-12(19)14-3-5-16-6-8-23-9-7-16/h10H,2-9H2,1H3,(H,14,19). The first kappa shape index (κ1) is 17.2. The van der Waals surface area contributed by atoms with Crippen molar-refractivity contribution in [1.29, 1.82) is 0 Å². The van der Waals surface area contributed by atoms with Crippen LogP contribution in [-0.2, 0) is 16.1 Å². The predicted molar refractivity (Wildman–Crippen MR) is 80.3 cm³/mol. The Morgan fingerprint density at radius 3 is 2.83 bits per heavy atom. The molecule has 0 atom stereocenters. The third kappa shape index (κ3) is 5.18. The fourth-order valence-corrected chi connectivity index (χ4v) is 2.26. The van der Waals surface area contributed by atoms with Gasteiger partial charge in [0.2, 0.25) is 5.91 Å². The lowest BCUT2D eigenvalue weighted by atomic mass is 10.3. The van der Waals surface area contributed by atoms with E-state index in [4.69, 9.17) is 9.47 Å². The molecule has 0 unspecified atom stereocenters. The van der Waals surface area contributed by atoms with E-state index < -0.39 is 4.92 Å². The zero-order chi connectivity index (χ0) is 16.7. The maximum Gasteiger partial charge on any atom is 0.350 e. The normalized spacial score (nSPS) is 15.3. The quantitative estimate of drug-likeness (QED) is 0.512. The van der Waals surface area contributed by atoms with Crippen LogP contribution in [0.3, 0.4) is 0 Å². The number of carbonyl (C=O) groups excluding carboxylic acids is 1. The second-order valence-electron chi connectivity index (χ2n) is 5.10. The number of nitro groups is 1. The van der Waals surface area contributed by atoms with Gasteiger partial charge in [0.25, 0.3) is 0 Å². The van der Waals surface area contributed by atoms with E-state index in [0.29, 0.717) is 6.54 Å². The van der Waals surface area contributed by atoms with Gasteiger partial charge in [-0.25, -0.2) is 0 Å². The van der Waals surface area contributed by atoms with Crippen molar-refractivity contribution in [3.05, 3.63) is 16.3 Å². The first-order valence-electron chi connectivity index (χ1n) is 7.43. The van der Waals surface area contributed by atoms with Crippen molar-refractivity contribution in [3.8, 4) is 5.88 Å². The fraction of sp³-hybridized carbons (Fsp3) is 0.692. The Hall–Kier alpha value is -2.20. The van der Waals surface area contributed by atoms with Gasteiger partial charge >= 0.3 is 11.6 Å². The van der Waals surface area contributed by atoms with Crippen LogP contribution in [0.15, 0.2) is 6.20 Å². The molecule has 1 fully saturated rings. The van der Waals surface area contributed by atoms with E-state index in [0.717, 1.165) is 32.8 Å². The highest BCUT2D eigenvalue weighted by atomic mass is 16.6. The van der Waals surface area contributed by atoms with Crippen LogP contribution in [0.4, 0.5) is 5.69 Å². The summed E-state index contributed by atoms with van der Waals surface area (Å²) >= 11 is 0. The van der Waals surface area contributed by atoms with E-state index in [1.807, 2.05) is 0 Å². The minimum absolute atomic E-state index is 0.0530. The third-order valence-corrected chi connectivity index (χ3v) is 3.52. The second-order valence-corrected chi connectivity index (χ2v) is 5.10. The average molecular weight is 327 g/mol. The van der Waals surface area contributed by atoms with Crippen LogP contribution in [0.5, 0.6) is 5.88 Å². The summed E-state index contributed by atoms with van der Waals surface area (Å²) in [7, 11) is 1.32. The van der Waals surface area contributed by atoms with Crippen LogP contribution < -0.4 is 10.1 Å². The smallest absolute Gasteiger partial charge is 0.350 e. The molecular weight excluding hydrogens is 306 g/mol. The number of methoxy groups -OCH3 is 1. The van der Waals surface area contributed by atoms with Crippen molar-refractivity contribution in [1.82, 2.24) is 20.0 Å². The topological polar surface area (TPSA) is 112 Å². The molecule has 1 aliphatic heterocycles. The molecule has 1 N–H and O–H groups in total. The monoisotopic (exact) mass is 327 g/mol. The highest BCUT2D eigenvalue weighted by Crippen LogP contribution is 2.23. The Morgan fingerprint density at radius 2 is 2.22 bits per heavy atom. The summed E-state index contributed by atoms with van der Waals surface area (Å²) in [6, 6.07) is 0. The number of amides is 1. The lowest BCUT2D eigenvalue weighted by Gasteiger charge is -2.26. The highest BCUT2D eigenvalue weighted by Gasteiger charge is 2.20. The molecule has 1 aliphatic rings. The summed E-state index contributed by atoms with van der Waals surface area (Å²) < 4.78 is 11.4. The molecule has 10 heteroatoms. The van der Waals surface area contributed by atoms with Crippen molar-refractivity contribution in [2.45, 2.75) is 13.0 Å². The Kier molecular flexibility index (Phi) is 6.29. The molecule has 128 valence electrons. The van der Waals surface area contributed by atoms with Gasteiger partial charge in [0.05, 0.1) is 31.8 Å². The van der Waals surface area contributed by atoms with E-state index in [9.17, 15) is 14.9 Å². The Balaban J connectivity index is 1.70. The van der Waals surface area contributed by atoms with Gasteiger partial charge in [0, 0.05) is 32.6 Å². The van der Waals surface area contributed by atoms with Gasteiger partial charge < -0.3 is 14.8 Å². The summed E-state index contributed by atoms with van der Waals surface area (Å²) in [5, 5.41) is 17.6. The van der Waals surface area contributed by atoms with Gasteiger partial charge in [-0.15, -0.1) is 5.10 Å². The van der Waals surface area contributed by atoms with Crippen LogP contribution in [0.1, 0.15) is 6.42 Å². The number of nitrogens with zero attached hydrogens (tertiary/aromatic N) is 4. The Bertz CT molecular complexity index is 541. The molecule has 2 heterocycles. The molecule has 1 aromatic heterocycles. The average Bonchev–Trinajstić information content (AvgIpc) is 2.97. The molecule has 0 spiro atoms. The molecule has 1 saturated heterocycles. The lowest BCUT2D eigenvalue weighted by molar-refractivity contribution is -0.385. The predicted octanol–water partition coefficient (Wildman–Crippen LogP) is -0.362. The molecule has 0 aliphatic carbocycles. The summed E-state index contributed by atoms with van der Waals surface area (Å²) in [4.78, 5) is 24.3. The van der Waals surface area contributed by atoms with E-state index >= 15 is 0 Å². The number of hydrogen-bond donors (Lipinski definition) is 1. The minimum Gasteiger partial charge on any atom is -0.475 e. The number of hydrogen-bond acceptors (Lipinski definition) is 7. The SMILES string of the molecule is COc1nn(CCC(=O)NCCN2CCOCC2)cc1[N+](=O)[O-]. The number of morpholine rings is 1. The summed E-state index contributed by atoms with van der Waals surface area (Å²) in [6.45, 7) is 4.84. The number of carbonyl (C=O) groups is 1. The maximum absolute atomic E-state index is 11.8. The van der Waals surface area contributed by atoms with Crippen molar-refractivity contribution >= 4 is 11.6 Å². The van der Waals surface area contributed by atoms with Gasteiger partial charge in [-0.2, -0.15) is 0 Å². The van der Waals surface area contributed by atoms with Crippen molar-refractivity contribution in [3.63, 3.8) is 0 Å². The largest absolute Gasteiger partial charge is 0.475 e. The molecule has 1 amide bonds. The van der Waals surface area contributed by atoms with Crippen LogP contribution in [0, 0.1) is 10.1 Å². The van der Waals surface area contributed by atoms with Crippen LogP contribution >= 0.6 is 0 Å². The van der Waals surface area contributed by atoms with Crippen molar-refractivity contribution < 1.29 is 19.2 Å². The van der Waals surface area contributed by atoms with Gasteiger partial charge in [-0.1, -0.05) is 0 Å². The van der Waals surface area contributed by atoms with E-state index in [1.54, 1.807) is 0 Å². The molecule has 0 bridgehead atoms. The summed E-state index contributed by atoms with van der Waals surface area (Å²) in [5.74, 6) is -0.168. The third-order valence-electron chi connectivity index (χ3n) is 3.52. The van der Waals surface area contributed by atoms with Gasteiger partial charge in [-0.3, -0.25) is 24.5 Å². The molecule has 1 aromatic rings. The minimum atomic E-state index is -0.565. The lowest BCUT2D eigenvalue weighted by Crippen LogP contribution is -2.41. The van der Waals surface area contributed by atoms with E-state index in [1.165, 1.54) is 18.0 Å². The molecule has 10 nitrogen and oxygen atoms in total. The van der Waals surface area contributed by atoms with Crippen LogP contribution in [0.25, 0.3) is 0 Å². The summed E-state index contributed by atoms with van der Waals surface area (Å²) in [5.41, 5.74) is -0.208. The Morgan fingerprint density at radius 1 is 1.48 bits per heavy atom.